The second kappa shape index (κ2) is 8.09. The van der Waals surface area contributed by atoms with Crippen molar-refractivity contribution in [3.05, 3.63) is 29.3 Å². The van der Waals surface area contributed by atoms with E-state index in [1.54, 1.807) is 0 Å². The number of hydrogen-bond donors (Lipinski definition) is 1. The van der Waals surface area contributed by atoms with Gasteiger partial charge in [-0.2, -0.15) is 0 Å². The lowest BCUT2D eigenvalue weighted by molar-refractivity contribution is 0.122. The molecule has 3 heteroatoms. The fraction of sp³-hybridized carbons (Fsp3) is 0.571. The Hall–Kier alpha value is -1.06. The molecular weight excluding hydrogens is 214 g/mol. The Morgan fingerprint density at radius 3 is 2.65 bits per heavy atom. The number of nitrogens with one attached hydrogen (secondary N) is 1. The van der Waals surface area contributed by atoms with Crippen molar-refractivity contribution >= 4 is 0 Å². The van der Waals surface area contributed by atoms with Crippen LogP contribution in [0.2, 0.25) is 0 Å². The molecule has 0 bridgehead atoms. The molecule has 0 aliphatic heterocycles. The molecule has 0 unspecified atom stereocenters. The van der Waals surface area contributed by atoms with Gasteiger partial charge in [-0.1, -0.05) is 17.7 Å². The predicted molar refractivity (Wildman–Crippen MR) is 70.8 cm³/mol. The van der Waals surface area contributed by atoms with Crippen molar-refractivity contribution in [2.75, 3.05) is 33.4 Å². The van der Waals surface area contributed by atoms with Gasteiger partial charge in [0.25, 0.3) is 0 Å². The van der Waals surface area contributed by atoms with E-state index in [0.29, 0.717) is 6.61 Å². The van der Waals surface area contributed by atoms with E-state index in [-0.39, 0.29) is 0 Å². The monoisotopic (exact) mass is 237 g/mol. The Kier molecular flexibility index (Phi) is 6.67. The van der Waals surface area contributed by atoms with E-state index in [1.165, 1.54) is 11.1 Å². The largest absolute Gasteiger partial charge is 0.493 e. The Balaban J connectivity index is 2.14. The average molecular weight is 237 g/mol. The summed E-state index contributed by atoms with van der Waals surface area (Å²) in [5, 5.41) is 3.04. The number of likely N-dealkylation sites (N-methyl/N-ethyl adjacent to an activating group) is 1. The second-order valence-corrected chi connectivity index (χ2v) is 4.19. The maximum atomic E-state index is 5.70. The zero-order chi connectivity index (χ0) is 12.5. The van der Waals surface area contributed by atoms with Crippen LogP contribution in [0, 0.1) is 13.8 Å². The lowest BCUT2D eigenvalue weighted by atomic mass is 10.1. The van der Waals surface area contributed by atoms with Gasteiger partial charge in [0.2, 0.25) is 0 Å². The van der Waals surface area contributed by atoms with Crippen molar-refractivity contribution in [2.24, 2.45) is 0 Å². The molecule has 1 N–H and O–H groups in total. The summed E-state index contributed by atoms with van der Waals surface area (Å²) in [7, 11) is 1.92. The summed E-state index contributed by atoms with van der Waals surface area (Å²) in [5.74, 6) is 0.978. The number of hydrogen-bond acceptors (Lipinski definition) is 3. The van der Waals surface area contributed by atoms with Gasteiger partial charge in [-0.3, -0.25) is 0 Å². The van der Waals surface area contributed by atoms with Crippen LogP contribution in [0.1, 0.15) is 17.5 Å². The van der Waals surface area contributed by atoms with Crippen LogP contribution in [0.5, 0.6) is 5.75 Å². The summed E-state index contributed by atoms with van der Waals surface area (Å²) < 4.78 is 11.1. The molecule has 0 saturated heterocycles. The lowest BCUT2D eigenvalue weighted by Gasteiger charge is -2.09. The van der Waals surface area contributed by atoms with Crippen molar-refractivity contribution < 1.29 is 9.47 Å². The topological polar surface area (TPSA) is 30.5 Å². The number of benzene rings is 1. The van der Waals surface area contributed by atoms with Gasteiger partial charge in [-0.05, 0) is 32.5 Å². The lowest BCUT2D eigenvalue weighted by Crippen LogP contribution is -2.15. The van der Waals surface area contributed by atoms with Crippen LogP contribution in [0.25, 0.3) is 0 Å². The molecule has 96 valence electrons. The highest BCUT2D eigenvalue weighted by molar-refractivity contribution is 5.35. The van der Waals surface area contributed by atoms with E-state index in [0.717, 1.165) is 31.9 Å². The Morgan fingerprint density at radius 1 is 1.12 bits per heavy atom. The van der Waals surface area contributed by atoms with Gasteiger partial charge in [-0.25, -0.2) is 0 Å². The first-order valence-electron chi connectivity index (χ1n) is 6.16. The molecule has 0 amide bonds. The van der Waals surface area contributed by atoms with Crippen LogP contribution in [0.4, 0.5) is 0 Å². The molecule has 3 nitrogen and oxygen atoms in total. The summed E-state index contributed by atoms with van der Waals surface area (Å²) >= 11 is 0. The van der Waals surface area contributed by atoms with Gasteiger partial charge in [0, 0.05) is 19.6 Å². The van der Waals surface area contributed by atoms with Crippen LogP contribution in [0.3, 0.4) is 0 Å². The van der Waals surface area contributed by atoms with E-state index >= 15 is 0 Å². The molecule has 0 aliphatic carbocycles. The quantitative estimate of drug-likeness (QED) is 0.704. The zero-order valence-corrected chi connectivity index (χ0v) is 11.1. The standard InChI is InChI=1S/C14H23NO2/c1-12-5-6-14(13(2)11-12)17-9-4-8-16-10-7-15-3/h5-6,11,15H,4,7-10H2,1-3H3. The fourth-order valence-corrected chi connectivity index (χ4v) is 1.58. The molecule has 1 rings (SSSR count). The molecule has 1 aromatic rings. The summed E-state index contributed by atoms with van der Waals surface area (Å²) in [4.78, 5) is 0. The van der Waals surface area contributed by atoms with E-state index < -0.39 is 0 Å². The maximum Gasteiger partial charge on any atom is 0.122 e. The van der Waals surface area contributed by atoms with Crippen molar-refractivity contribution in [1.82, 2.24) is 5.32 Å². The zero-order valence-electron chi connectivity index (χ0n) is 11.1. The van der Waals surface area contributed by atoms with Crippen molar-refractivity contribution in [3.8, 4) is 5.75 Å². The van der Waals surface area contributed by atoms with E-state index in [9.17, 15) is 0 Å². The van der Waals surface area contributed by atoms with Crippen molar-refractivity contribution in [1.29, 1.82) is 0 Å². The van der Waals surface area contributed by atoms with Gasteiger partial charge in [0.05, 0.1) is 13.2 Å². The first-order valence-corrected chi connectivity index (χ1v) is 6.16. The minimum absolute atomic E-state index is 0.712. The molecule has 0 atom stereocenters. The molecule has 0 fully saturated rings. The van der Waals surface area contributed by atoms with Crippen LogP contribution >= 0.6 is 0 Å². The third-order valence-corrected chi connectivity index (χ3v) is 2.52. The average Bonchev–Trinajstić information content (AvgIpc) is 2.30. The predicted octanol–water partition coefficient (Wildman–Crippen LogP) is 2.31. The number of aryl methyl sites for hydroxylation is 2. The maximum absolute atomic E-state index is 5.70. The normalized spacial score (nSPS) is 10.5. The summed E-state index contributed by atoms with van der Waals surface area (Å²) in [6.45, 7) is 7.30. The molecule has 1 aromatic carbocycles. The van der Waals surface area contributed by atoms with Crippen molar-refractivity contribution in [3.63, 3.8) is 0 Å². The second-order valence-electron chi connectivity index (χ2n) is 4.19. The Bertz CT molecular complexity index is 326. The Labute approximate surface area is 104 Å². The molecular formula is C14H23NO2. The van der Waals surface area contributed by atoms with E-state index in [4.69, 9.17) is 9.47 Å². The molecule has 0 heterocycles. The molecule has 0 spiro atoms. The smallest absolute Gasteiger partial charge is 0.122 e. The van der Waals surface area contributed by atoms with Gasteiger partial charge in [0.15, 0.2) is 0 Å². The highest BCUT2D eigenvalue weighted by atomic mass is 16.5. The number of ether oxygens (including phenoxy) is 2. The minimum Gasteiger partial charge on any atom is -0.493 e. The highest BCUT2D eigenvalue weighted by Gasteiger charge is 1.99. The molecule has 0 saturated carbocycles. The Morgan fingerprint density at radius 2 is 1.94 bits per heavy atom. The van der Waals surface area contributed by atoms with Gasteiger partial charge >= 0.3 is 0 Å². The van der Waals surface area contributed by atoms with Crippen molar-refractivity contribution in [2.45, 2.75) is 20.3 Å². The van der Waals surface area contributed by atoms with Crippen LogP contribution in [0.15, 0.2) is 18.2 Å². The molecule has 0 aliphatic rings. The summed E-state index contributed by atoms with van der Waals surface area (Å²) in [5.41, 5.74) is 2.46. The van der Waals surface area contributed by atoms with Crippen LogP contribution in [-0.2, 0) is 4.74 Å². The van der Waals surface area contributed by atoms with Gasteiger partial charge < -0.3 is 14.8 Å². The summed E-state index contributed by atoms with van der Waals surface area (Å²) in [6, 6.07) is 6.25. The van der Waals surface area contributed by atoms with Gasteiger partial charge in [-0.15, -0.1) is 0 Å². The molecule has 0 aromatic heterocycles. The summed E-state index contributed by atoms with van der Waals surface area (Å²) in [6.07, 6.45) is 0.928. The van der Waals surface area contributed by atoms with Crippen LogP contribution < -0.4 is 10.1 Å². The first kappa shape index (κ1) is 14.0. The van der Waals surface area contributed by atoms with E-state index in [2.05, 4.69) is 31.3 Å². The molecule has 17 heavy (non-hydrogen) atoms. The van der Waals surface area contributed by atoms with Crippen LogP contribution in [-0.4, -0.2) is 33.4 Å². The van der Waals surface area contributed by atoms with E-state index in [1.807, 2.05) is 13.1 Å². The fourth-order valence-electron chi connectivity index (χ4n) is 1.58. The molecule has 0 radical (unpaired) electrons. The SMILES string of the molecule is CNCCOCCCOc1ccc(C)cc1C. The minimum atomic E-state index is 0.712. The third-order valence-electron chi connectivity index (χ3n) is 2.52. The van der Waals surface area contributed by atoms with Gasteiger partial charge in [0.1, 0.15) is 5.75 Å². The first-order chi connectivity index (χ1) is 8.24. The highest BCUT2D eigenvalue weighted by Crippen LogP contribution is 2.18. The third kappa shape index (κ3) is 5.71. The number of rotatable bonds is 8.